The van der Waals surface area contributed by atoms with E-state index in [1.165, 1.54) is 22.7 Å². The topological polar surface area (TPSA) is 130 Å². The molecular weight excluding hydrogens is 484 g/mol. The number of carbonyl (C=O) groups excluding carboxylic acids is 3. The van der Waals surface area contributed by atoms with Gasteiger partial charge in [0.2, 0.25) is 11.8 Å². The number of nitrogens with two attached hydrogens (primary N) is 1. The van der Waals surface area contributed by atoms with Crippen molar-refractivity contribution >= 4 is 45.5 Å². The number of amides is 3. The van der Waals surface area contributed by atoms with Crippen LogP contribution in [0.5, 0.6) is 0 Å². The highest BCUT2D eigenvalue weighted by molar-refractivity contribution is 7.14. The van der Waals surface area contributed by atoms with E-state index in [1.807, 2.05) is 29.8 Å². The quantitative estimate of drug-likeness (QED) is 0.448. The van der Waals surface area contributed by atoms with E-state index in [-0.39, 0.29) is 17.7 Å². The molecule has 9 nitrogen and oxygen atoms in total. The molecule has 0 bridgehead atoms. The van der Waals surface area contributed by atoms with E-state index < -0.39 is 12.1 Å². The van der Waals surface area contributed by atoms with Gasteiger partial charge in [-0.2, -0.15) is 0 Å². The number of aryl methyl sites for hydroxylation is 1. The Balaban J connectivity index is 1.22. The zero-order chi connectivity index (χ0) is 24.5. The predicted octanol–water partition coefficient (Wildman–Crippen LogP) is 3.10. The third kappa shape index (κ3) is 5.26. The van der Waals surface area contributed by atoms with Gasteiger partial charge in [0.15, 0.2) is 5.13 Å². The number of anilines is 1. The SMILES string of the molecule is Cc1csc([C@H](N)C(=O)N2CCC[C@H]2C(=O)Nc2nc(-c3ccc(C(=O)NC4CC4)cc3)cs2)n1. The van der Waals surface area contributed by atoms with Gasteiger partial charge in [-0.05, 0) is 44.7 Å². The Kier molecular flexibility index (Phi) is 6.63. The summed E-state index contributed by atoms with van der Waals surface area (Å²) in [6, 6.07) is 6.10. The molecule has 3 aromatic rings. The second-order valence-electron chi connectivity index (χ2n) is 8.85. The molecule has 182 valence electrons. The Hall–Kier alpha value is -3.15. The number of nitrogens with one attached hydrogen (secondary N) is 2. The van der Waals surface area contributed by atoms with Gasteiger partial charge in [-0.3, -0.25) is 14.4 Å². The molecule has 0 radical (unpaired) electrons. The molecule has 1 aromatic carbocycles. The summed E-state index contributed by atoms with van der Waals surface area (Å²) in [5.41, 5.74) is 9.15. The predicted molar refractivity (Wildman–Crippen MR) is 135 cm³/mol. The van der Waals surface area contributed by atoms with Crippen LogP contribution in [-0.2, 0) is 9.59 Å². The molecule has 0 spiro atoms. The van der Waals surface area contributed by atoms with Gasteiger partial charge in [-0.15, -0.1) is 22.7 Å². The summed E-state index contributed by atoms with van der Waals surface area (Å²) in [7, 11) is 0. The number of thiazole rings is 2. The average molecular weight is 511 g/mol. The molecule has 1 aliphatic heterocycles. The lowest BCUT2D eigenvalue weighted by Gasteiger charge is -2.25. The second kappa shape index (κ2) is 9.84. The van der Waals surface area contributed by atoms with E-state index in [0.717, 1.165) is 30.5 Å². The fraction of sp³-hybridized carbons (Fsp3) is 0.375. The summed E-state index contributed by atoms with van der Waals surface area (Å²) in [5.74, 6) is -0.625. The van der Waals surface area contributed by atoms with Crippen LogP contribution in [0.15, 0.2) is 35.0 Å². The van der Waals surface area contributed by atoms with Crippen LogP contribution < -0.4 is 16.4 Å². The molecule has 0 unspecified atom stereocenters. The van der Waals surface area contributed by atoms with Crippen molar-refractivity contribution in [3.63, 3.8) is 0 Å². The van der Waals surface area contributed by atoms with E-state index in [9.17, 15) is 14.4 Å². The van der Waals surface area contributed by atoms with Crippen molar-refractivity contribution in [3.8, 4) is 11.3 Å². The molecule has 11 heteroatoms. The van der Waals surface area contributed by atoms with Crippen LogP contribution in [0.2, 0.25) is 0 Å². The van der Waals surface area contributed by atoms with Gasteiger partial charge in [0.25, 0.3) is 5.91 Å². The van der Waals surface area contributed by atoms with E-state index >= 15 is 0 Å². The lowest BCUT2D eigenvalue weighted by atomic mass is 10.1. The number of carbonyl (C=O) groups is 3. The summed E-state index contributed by atoms with van der Waals surface area (Å²) in [6.45, 7) is 2.34. The number of benzene rings is 1. The largest absolute Gasteiger partial charge is 0.349 e. The van der Waals surface area contributed by atoms with Crippen molar-refractivity contribution in [1.29, 1.82) is 0 Å². The first kappa shape index (κ1) is 23.6. The number of hydrogen-bond acceptors (Lipinski definition) is 8. The van der Waals surface area contributed by atoms with Crippen LogP contribution in [-0.4, -0.2) is 51.2 Å². The summed E-state index contributed by atoms with van der Waals surface area (Å²) in [4.78, 5) is 48.6. The molecule has 2 aliphatic rings. The molecular formula is C24H26N6O3S2. The van der Waals surface area contributed by atoms with Gasteiger partial charge >= 0.3 is 0 Å². The Morgan fingerprint density at radius 3 is 2.54 bits per heavy atom. The summed E-state index contributed by atoms with van der Waals surface area (Å²) >= 11 is 2.67. The molecule has 2 aromatic heterocycles. The molecule has 1 saturated carbocycles. The van der Waals surface area contributed by atoms with Crippen LogP contribution in [0, 0.1) is 6.92 Å². The number of rotatable bonds is 7. The van der Waals surface area contributed by atoms with Crippen molar-refractivity contribution in [2.24, 2.45) is 5.73 Å². The highest BCUT2D eigenvalue weighted by Gasteiger charge is 2.37. The average Bonchev–Trinajstić information content (AvgIpc) is 3.23. The Morgan fingerprint density at radius 2 is 1.86 bits per heavy atom. The maximum atomic E-state index is 13.0. The number of aromatic nitrogens is 2. The molecule has 3 heterocycles. The van der Waals surface area contributed by atoms with E-state index in [4.69, 9.17) is 5.73 Å². The third-order valence-electron chi connectivity index (χ3n) is 6.10. The number of nitrogens with zero attached hydrogens (tertiary/aromatic N) is 3. The maximum absolute atomic E-state index is 13.0. The van der Waals surface area contributed by atoms with Crippen LogP contribution in [0.25, 0.3) is 11.3 Å². The monoisotopic (exact) mass is 510 g/mol. The minimum Gasteiger partial charge on any atom is -0.349 e. The lowest BCUT2D eigenvalue weighted by Crippen LogP contribution is -2.46. The molecule has 5 rings (SSSR count). The van der Waals surface area contributed by atoms with Crippen LogP contribution in [0.4, 0.5) is 5.13 Å². The molecule has 35 heavy (non-hydrogen) atoms. The van der Waals surface area contributed by atoms with Gasteiger partial charge in [0.1, 0.15) is 17.1 Å². The van der Waals surface area contributed by atoms with Crippen LogP contribution >= 0.6 is 22.7 Å². The minimum atomic E-state index is -0.872. The first-order valence-corrected chi connectivity index (χ1v) is 13.3. The van der Waals surface area contributed by atoms with Gasteiger partial charge in [0, 0.05) is 40.2 Å². The fourth-order valence-electron chi connectivity index (χ4n) is 4.04. The number of likely N-dealkylation sites (tertiary alicyclic amines) is 1. The third-order valence-corrected chi connectivity index (χ3v) is 7.90. The highest BCUT2D eigenvalue weighted by Crippen LogP contribution is 2.28. The van der Waals surface area contributed by atoms with E-state index in [1.54, 1.807) is 17.0 Å². The van der Waals surface area contributed by atoms with E-state index in [0.29, 0.717) is 40.4 Å². The van der Waals surface area contributed by atoms with Gasteiger partial charge in [-0.1, -0.05) is 12.1 Å². The Morgan fingerprint density at radius 1 is 1.09 bits per heavy atom. The molecule has 1 saturated heterocycles. The van der Waals surface area contributed by atoms with Crippen molar-refractivity contribution in [3.05, 3.63) is 51.3 Å². The normalized spacial score (nSPS) is 18.3. The lowest BCUT2D eigenvalue weighted by molar-refractivity contribution is -0.137. The smallest absolute Gasteiger partial charge is 0.251 e. The van der Waals surface area contributed by atoms with Gasteiger partial charge in [-0.25, -0.2) is 9.97 Å². The van der Waals surface area contributed by atoms with Crippen molar-refractivity contribution < 1.29 is 14.4 Å². The highest BCUT2D eigenvalue weighted by atomic mass is 32.1. The summed E-state index contributed by atoms with van der Waals surface area (Å²) in [6.07, 6.45) is 3.39. The van der Waals surface area contributed by atoms with Gasteiger partial charge in [0.05, 0.1) is 5.69 Å². The molecule has 2 atom stereocenters. The maximum Gasteiger partial charge on any atom is 0.251 e. The van der Waals surface area contributed by atoms with Crippen LogP contribution in [0.3, 0.4) is 0 Å². The van der Waals surface area contributed by atoms with Crippen LogP contribution in [0.1, 0.15) is 52.8 Å². The first-order valence-electron chi connectivity index (χ1n) is 11.5. The summed E-state index contributed by atoms with van der Waals surface area (Å²) < 4.78 is 0. The molecule has 1 aliphatic carbocycles. The molecule has 3 amide bonds. The molecule has 4 N–H and O–H groups in total. The standard InChI is InChI=1S/C24H26N6O3S2/c1-13-11-34-22(26-13)19(25)23(33)30-10-2-3-18(30)21(32)29-24-28-17(12-35-24)14-4-6-15(7-5-14)20(31)27-16-8-9-16/h4-7,11-12,16,18-19H,2-3,8-10,25H2,1H3,(H,27,31)(H,28,29,32)/t18-,19-/m0/s1. The van der Waals surface area contributed by atoms with Gasteiger partial charge < -0.3 is 21.3 Å². The second-order valence-corrected chi connectivity index (χ2v) is 10.6. The fourth-order valence-corrected chi connectivity index (χ4v) is 5.55. The Bertz CT molecular complexity index is 1250. The molecule has 2 fully saturated rings. The van der Waals surface area contributed by atoms with Crippen molar-refractivity contribution in [1.82, 2.24) is 20.2 Å². The first-order chi connectivity index (χ1) is 16.9. The summed E-state index contributed by atoms with van der Waals surface area (Å²) in [5, 5.41) is 10.5. The zero-order valence-corrected chi connectivity index (χ0v) is 20.8. The Labute approximate surface area is 210 Å². The van der Waals surface area contributed by atoms with Crippen molar-refractivity contribution in [2.75, 3.05) is 11.9 Å². The van der Waals surface area contributed by atoms with E-state index in [2.05, 4.69) is 20.6 Å². The number of hydrogen-bond donors (Lipinski definition) is 3. The minimum absolute atomic E-state index is 0.0642. The van der Waals surface area contributed by atoms with Crippen molar-refractivity contribution in [2.45, 2.75) is 50.7 Å². The zero-order valence-electron chi connectivity index (χ0n) is 19.2.